The summed E-state index contributed by atoms with van der Waals surface area (Å²) >= 11 is 11.4. The Morgan fingerprint density at radius 1 is 1.43 bits per heavy atom. The molecule has 0 aliphatic heterocycles. The molecule has 21 heavy (non-hydrogen) atoms. The monoisotopic (exact) mass is 332 g/mol. The highest BCUT2D eigenvalue weighted by Crippen LogP contribution is 2.24. The molecule has 7 heteroatoms. The summed E-state index contributed by atoms with van der Waals surface area (Å²) in [5.41, 5.74) is -0.401. The van der Waals surface area contributed by atoms with Crippen LogP contribution in [0.3, 0.4) is 0 Å². The molecule has 0 heterocycles. The van der Waals surface area contributed by atoms with Gasteiger partial charge in [0.15, 0.2) is 0 Å². The van der Waals surface area contributed by atoms with E-state index in [1.54, 1.807) is 0 Å². The van der Waals surface area contributed by atoms with Crippen molar-refractivity contribution in [3.05, 3.63) is 38.9 Å². The van der Waals surface area contributed by atoms with Gasteiger partial charge in [0, 0.05) is 23.5 Å². The van der Waals surface area contributed by atoms with Gasteiger partial charge in [0.25, 0.3) is 11.6 Å². The molecule has 1 N–H and O–H groups in total. The Balaban J connectivity index is 2.79. The van der Waals surface area contributed by atoms with E-state index >= 15 is 0 Å². The molecule has 1 rings (SSSR count). The van der Waals surface area contributed by atoms with Gasteiger partial charge in [-0.2, -0.15) is 0 Å². The largest absolute Gasteiger partial charge is 0.351 e. The maximum absolute atomic E-state index is 12.1. The zero-order valence-corrected chi connectivity index (χ0v) is 13.5. The average Bonchev–Trinajstić information content (AvgIpc) is 2.42. The molecule has 0 aromatic heterocycles. The normalized spacial score (nSPS) is 11.2. The first-order valence-electron chi connectivity index (χ1n) is 6.55. The summed E-state index contributed by atoms with van der Waals surface area (Å²) in [5, 5.41) is 13.9. The standard InChI is InChI=1S/C14H18Cl2N2O3/c1-14(2,6-3-7-15)9-17-13(19)11-5-4-10(16)8-12(11)18(20)21/h4-5,8H,3,6-7,9H2,1-2H3,(H,17,19). The Morgan fingerprint density at radius 2 is 2.10 bits per heavy atom. The van der Waals surface area contributed by atoms with Crippen LogP contribution < -0.4 is 5.32 Å². The van der Waals surface area contributed by atoms with Crippen LogP contribution in [0.4, 0.5) is 5.69 Å². The quantitative estimate of drug-likeness (QED) is 0.465. The highest BCUT2D eigenvalue weighted by molar-refractivity contribution is 6.31. The van der Waals surface area contributed by atoms with Gasteiger partial charge in [0.05, 0.1) is 4.92 Å². The Bertz CT molecular complexity index is 533. The van der Waals surface area contributed by atoms with Crippen molar-refractivity contribution in [1.29, 1.82) is 0 Å². The third-order valence-corrected chi connectivity index (χ3v) is 3.62. The van der Waals surface area contributed by atoms with Crippen molar-refractivity contribution in [3.8, 4) is 0 Å². The van der Waals surface area contributed by atoms with Gasteiger partial charge in [-0.3, -0.25) is 14.9 Å². The summed E-state index contributed by atoms with van der Waals surface area (Å²) in [4.78, 5) is 22.5. The molecule has 1 aromatic carbocycles. The Hall–Kier alpha value is -1.33. The molecule has 1 aromatic rings. The molecule has 0 radical (unpaired) electrons. The molecular weight excluding hydrogens is 315 g/mol. The third kappa shape index (κ3) is 5.52. The molecule has 0 saturated carbocycles. The predicted molar refractivity (Wildman–Crippen MR) is 84.2 cm³/mol. The second-order valence-electron chi connectivity index (χ2n) is 5.56. The lowest BCUT2D eigenvalue weighted by Gasteiger charge is -2.24. The van der Waals surface area contributed by atoms with Crippen LogP contribution in [-0.4, -0.2) is 23.3 Å². The van der Waals surface area contributed by atoms with Crippen LogP contribution in [0.2, 0.25) is 5.02 Å². The number of rotatable bonds is 7. The predicted octanol–water partition coefficient (Wildman–Crippen LogP) is 4.02. The topological polar surface area (TPSA) is 72.2 Å². The van der Waals surface area contributed by atoms with Crippen LogP contribution in [0, 0.1) is 15.5 Å². The first kappa shape index (κ1) is 17.7. The van der Waals surface area contributed by atoms with E-state index < -0.39 is 10.8 Å². The second kappa shape index (κ2) is 7.61. The molecule has 5 nitrogen and oxygen atoms in total. The zero-order chi connectivity index (χ0) is 16.0. The van der Waals surface area contributed by atoms with Crippen LogP contribution in [0.1, 0.15) is 37.0 Å². The summed E-state index contributed by atoms with van der Waals surface area (Å²) in [6.07, 6.45) is 1.71. The number of benzene rings is 1. The summed E-state index contributed by atoms with van der Waals surface area (Å²) in [5.74, 6) is 0.0948. The molecule has 116 valence electrons. The zero-order valence-electron chi connectivity index (χ0n) is 12.0. The van der Waals surface area contributed by atoms with Crippen LogP contribution in [0.15, 0.2) is 18.2 Å². The minimum absolute atomic E-state index is 0.0116. The van der Waals surface area contributed by atoms with Gasteiger partial charge >= 0.3 is 0 Å². The fourth-order valence-electron chi connectivity index (χ4n) is 1.90. The lowest BCUT2D eigenvalue weighted by Crippen LogP contribution is -2.34. The summed E-state index contributed by atoms with van der Waals surface area (Å²) in [6, 6.07) is 4.00. The number of carbonyl (C=O) groups excluding carboxylic acids is 1. The van der Waals surface area contributed by atoms with Crippen molar-refractivity contribution in [2.24, 2.45) is 5.41 Å². The third-order valence-electron chi connectivity index (χ3n) is 3.12. The van der Waals surface area contributed by atoms with Crippen LogP contribution in [0.5, 0.6) is 0 Å². The lowest BCUT2D eigenvalue weighted by atomic mass is 9.88. The molecule has 0 spiro atoms. The number of nitro benzene ring substituents is 1. The van der Waals surface area contributed by atoms with E-state index in [0.717, 1.165) is 12.8 Å². The van der Waals surface area contributed by atoms with Crippen molar-refractivity contribution in [2.45, 2.75) is 26.7 Å². The van der Waals surface area contributed by atoms with Gasteiger partial charge < -0.3 is 5.32 Å². The molecule has 0 unspecified atom stereocenters. The molecular formula is C14H18Cl2N2O3. The van der Waals surface area contributed by atoms with E-state index in [1.807, 2.05) is 13.8 Å². The van der Waals surface area contributed by atoms with Gasteiger partial charge in [-0.1, -0.05) is 25.4 Å². The molecule has 1 amide bonds. The Labute approximate surface area is 133 Å². The van der Waals surface area contributed by atoms with Crippen molar-refractivity contribution in [3.63, 3.8) is 0 Å². The average molecular weight is 333 g/mol. The van der Waals surface area contributed by atoms with Gasteiger partial charge in [0.2, 0.25) is 0 Å². The highest BCUT2D eigenvalue weighted by Gasteiger charge is 2.23. The van der Waals surface area contributed by atoms with Crippen molar-refractivity contribution in [1.82, 2.24) is 5.32 Å². The smallest absolute Gasteiger partial charge is 0.283 e. The lowest BCUT2D eigenvalue weighted by molar-refractivity contribution is -0.385. The van der Waals surface area contributed by atoms with E-state index in [1.165, 1.54) is 18.2 Å². The van der Waals surface area contributed by atoms with Crippen molar-refractivity contribution < 1.29 is 9.72 Å². The number of amides is 1. The highest BCUT2D eigenvalue weighted by atomic mass is 35.5. The molecule has 0 bridgehead atoms. The van der Waals surface area contributed by atoms with E-state index in [9.17, 15) is 14.9 Å². The number of nitro groups is 1. The first-order valence-corrected chi connectivity index (χ1v) is 7.46. The van der Waals surface area contributed by atoms with E-state index in [4.69, 9.17) is 23.2 Å². The molecule has 0 aliphatic rings. The van der Waals surface area contributed by atoms with Crippen molar-refractivity contribution in [2.75, 3.05) is 12.4 Å². The number of nitrogens with one attached hydrogen (secondary N) is 1. The summed E-state index contributed by atoms with van der Waals surface area (Å²) < 4.78 is 0. The molecule has 0 saturated heterocycles. The molecule has 0 atom stereocenters. The fourth-order valence-corrected chi connectivity index (χ4v) is 2.20. The van der Waals surface area contributed by atoms with Gasteiger partial charge in [0.1, 0.15) is 5.56 Å². The minimum atomic E-state index is -0.612. The van der Waals surface area contributed by atoms with Crippen LogP contribution >= 0.6 is 23.2 Å². The van der Waals surface area contributed by atoms with Gasteiger partial charge in [-0.15, -0.1) is 11.6 Å². The van der Waals surface area contributed by atoms with Gasteiger partial charge in [-0.25, -0.2) is 0 Å². The van der Waals surface area contributed by atoms with Crippen molar-refractivity contribution >= 4 is 34.8 Å². The maximum Gasteiger partial charge on any atom is 0.283 e. The number of nitrogens with zero attached hydrogens (tertiary/aromatic N) is 1. The first-order chi connectivity index (χ1) is 9.76. The maximum atomic E-state index is 12.1. The number of hydrogen-bond donors (Lipinski definition) is 1. The number of halogens is 2. The Kier molecular flexibility index (Phi) is 6.42. The second-order valence-corrected chi connectivity index (χ2v) is 6.37. The summed E-state index contributed by atoms with van der Waals surface area (Å²) in [7, 11) is 0. The van der Waals surface area contributed by atoms with E-state index in [-0.39, 0.29) is 21.7 Å². The molecule has 0 fully saturated rings. The van der Waals surface area contributed by atoms with Crippen LogP contribution in [-0.2, 0) is 0 Å². The van der Waals surface area contributed by atoms with Gasteiger partial charge in [-0.05, 0) is 30.4 Å². The SMILES string of the molecule is CC(C)(CCCCl)CNC(=O)c1ccc(Cl)cc1[N+](=O)[O-]. The van der Waals surface area contributed by atoms with E-state index in [0.29, 0.717) is 12.4 Å². The summed E-state index contributed by atoms with van der Waals surface area (Å²) in [6.45, 7) is 4.44. The fraction of sp³-hybridized carbons (Fsp3) is 0.500. The van der Waals surface area contributed by atoms with Crippen LogP contribution in [0.25, 0.3) is 0 Å². The molecule has 0 aliphatic carbocycles. The minimum Gasteiger partial charge on any atom is -0.351 e. The number of hydrogen-bond acceptors (Lipinski definition) is 3. The number of alkyl halides is 1. The van der Waals surface area contributed by atoms with E-state index in [2.05, 4.69) is 5.32 Å². The number of carbonyl (C=O) groups is 1. The Morgan fingerprint density at radius 3 is 2.67 bits per heavy atom.